The predicted octanol–water partition coefficient (Wildman–Crippen LogP) is 2.16. The first kappa shape index (κ1) is 15.2. The molecule has 4 nitrogen and oxygen atoms in total. The number of hydrogen-bond donors (Lipinski definition) is 1. The zero-order valence-electron chi connectivity index (χ0n) is 12.5. The average molecular weight is 317 g/mol. The molecule has 2 atom stereocenters. The summed E-state index contributed by atoms with van der Waals surface area (Å²) in [7, 11) is -3.44. The van der Waals surface area contributed by atoms with Crippen LogP contribution in [0.4, 0.5) is 0 Å². The van der Waals surface area contributed by atoms with Crippen molar-refractivity contribution in [2.75, 3.05) is 6.26 Å². The molecule has 2 unspecified atom stereocenters. The molecule has 2 aromatic rings. The van der Waals surface area contributed by atoms with Crippen molar-refractivity contribution < 1.29 is 13.2 Å². The molecule has 0 amide bonds. The summed E-state index contributed by atoms with van der Waals surface area (Å²) in [6.07, 6.45) is 2.58. The molecule has 0 bridgehead atoms. The van der Waals surface area contributed by atoms with E-state index in [1.165, 1.54) is 0 Å². The van der Waals surface area contributed by atoms with Crippen molar-refractivity contribution in [2.24, 2.45) is 5.73 Å². The van der Waals surface area contributed by atoms with Gasteiger partial charge in [0.25, 0.3) is 0 Å². The number of fused-ring (bicyclic) bond motifs is 1. The fraction of sp³-hybridized carbons (Fsp3) is 0.353. The standard InChI is InChI=1S/C17H19NO3S/c1-22(20,21)15-10-5-11-17(18,16(15)19)14-9-4-7-12-6-2-3-8-13(12)14/h2-4,6-9,15H,5,10-11,18H2,1H3. The van der Waals surface area contributed by atoms with Gasteiger partial charge in [0, 0.05) is 6.26 Å². The van der Waals surface area contributed by atoms with Gasteiger partial charge < -0.3 is 5.73 Å². The van der Waals surface area contributed by atoms with E-state index in [1.54, 1.807) is 0 Å². The van der Waals surface area contributed by atoms with Crippen LogP contribution in [0.25, 0.3) is 10.8 Å². The van der Waals surface area contributed by atoms with E-state index in [-0.39, 0.29) is 5.78 Å². The molecular formula is C17H19NO3S. The zero-order valence-corrected chi connectivity index (χ0v) is 13.3. The number of carbonyl (C=O) groups excluding carboxylic acids is 1. The average Bonchev–Trinajstić information content (AvgIpc) is 2.48. The number of rotatable bonds is 2. The lowest BCUT2D eigenvalue weighted by Gasteiger charge is -2.36. The van der Waals surface area contributed by atoms with Crippen LogP contribution in [0.15, 0.2) is 42.5 Å². The Hall–Kier alpha value is -1.72. The molecule has 5 heteroatoms. The molecule has 0 aliphatic heterocycles. The zero-order chi connectivity index (χ0) is 16.0. The van der Waals surface area contributed by atoms with Crippen molar-refractivity contribution in [2.45, 2.75) is 30.1 Å². The van der Waals surface area contributed by atoms with Gasteiger partial charge in [-0.1, -0.05) is 42.5 Å². The Kier molecular flexibility index (Phi) is 3.57. The molecule has 1 aliphatic carbocycles. The van der Waals surface area contributed by atoms with Crippen molar-refractivity contribution in [3.63, 3.8) is 0 Å². The topological polar surface area (TPSA) is 77.2 Å². The summed E-state index contributed by atoms with van der Waals surface area (Å²) in [4.78, 5) is 12.8. The highest BCUT2D eigenvalue weighted by Gasteiger charge is 2.47. The molecule has 116 valence electrons. The summed E-state index contributed by atoms with van der Waals surface area (Å²) in [6, 6.07) is 13.4. The quantitative estimate of drug-likeness (QED) is 0.921. The second-order valence-electron chi connectivity index (χ2n) is 6.07. The second-order valence-corrected chi connectivity index (χ2v) is 8.30. The normalized spacial score (nSPS) is 26.3. The minimum Gasteiger partial charge on any atom is -0.315 e. The van der Waals surface area contributed by atoms with Gasteiger partial charge in [-0.25, -0.2) is 8.42 Å². The monoisotopic (exact) mass is 317 g/mol. The number of Topliss-reactive ketones (excluding diaryl/α,β-unsaturated/α-hetero) is 1. The van der Waals surface area contributed by atoms with Crippen LogP contribution in [0.5, 0.6) is 0 Å². The van der Waals surface area contributed by atoms with Gasteiger partial charge in [-0.2, -0.15) is 0 Å². The third-order valence-electron chi connectivity index (χ3n) is 4.56. The summed E-state index contributed by atoms with van der Waals surface area (Å²) in [5.74, 6) is -0.377. The van der Waals surface area contributed by atoms with Crippen molar-refractivity contribution in [3.05, 3.63) is 48.0 Å². The third kappa shape index (κ3) is 2.34. The highest BCUT2D eigenvalue weighted by atomic mass is 32.2. The first-order valence-electron chi connectivity index (χ1n) is 7.34. The van der Waals surface area contributed by atoms with Crippen molar-refractivity contribution in [3.8, 4) is 0 Å². The summed E-state index contributed by atoms with van der Waals surface area (Å²) < 4.78 is 23.8. The largest absolute Gasteiger partial charge is 0.315 e. The van der Waals surface area contributed by atoms with Crippen molar-refractivity contribution in [1.82, 2.24) is 0 Å². The fourth-order valence-corrected chi connectivity index (χ4v) is 4.59. The van der Waals surface area contributed by atoms with E-state index in [0.717, 1.165) is 22.6 Å². The van der Waals surface area contributed by atoms with Crippen LogP contribution in [-0.4, -0.2) is 25.7 Å². The second kappa shape index (κ2) is 5.18. The molecule has 0 spiro atoms. The van der Waals surface area contributed by atoms with E-state index >= 15 is 0 Å². The fourth-order valence-electron chi connectivity index (χ4n) is 3.40. The van der Waals surface area contributed by atoms with Crippen LogP contribution in [0.3, 0.4) is 0 Å². The molecule has 0 heterocycles. The summed E-state index contributed by atoms with van der Waals surface area (Å²) >= 11 is 0. The molecule has 1 fully saturated rings. The number of ketones is 1. The third-order valence-corrected chi connectivity index (χ3v) is 6.04. The van der Waals surface area contributed by atoms with Crippen LogP contribution in [-0.2, 0) is 20.2 Å². The van der Waals surface area contributed by atoms with Crippen LogP contribution in [0, 0.1) is 0 Å². The first-order chi connectivity index (χ1) is 10.3. The number of sulfone groups is 1. The molecule has 0 saturated heterocycles. The van der Waals surface area contributed by atoms with Crippen LogP contribution >= 0.6 is 0 Å². The Morgan fingerprint density at radius 1 is 1.14 bits per heavy atom. The van der Waals surface area contributed by atoms with Crippen LogP contribution < -0.4 is 5.73 Å². The maximum atomic E-state index is 12.8. The van der Waals surface area contributed by atoms with Gasteiger partial charge in [0.2, 0.25) is 0 Å². The van der Waals surface area contributed by atoms with E-state index in [4.69, 9.17) is 5.73 Å². The van der Waals surface area contributed by atoms with Gasteiger partial charge >= 0.3 is 0 Å². The summed E-state index contributed by atoms with van der Waals surface area (Å²) in [5.41, 5.74) is 5.96. The highest BCUT2D eigenvalue weighted by molar-refractivity contribution is 7.92. The maximum absolute atomic E-state index is 12.8. The van der Waals surface area contributed by atoms with Gasteiger partial charge in [0.1, 0.15) is 10.8 Å². The van der Waals surface area contributed by atoms with E-state index in [2.05, 4.69) is 0 Å². The molecule has 1 aliphatic rings. The predicted molar refractivity (Wildman–Crippen MR) is 87.3 cm³/mol. The SMILES string of the molecule is CS(=O)(=O)C1CCCC(N)(c2cccc3ccccc23)C1=O. The molecule has 1 saturated carbocycles. The highest BCUT2D eigenvalue weighted by Crippen LogP contribution is 2.37. The van der Waals surface area contributed by atoms with Crippen molar-refractivity contribution in [1.29, 1.82) is 0 Å². The van der Waals surface area contributed by atoms with E-state index in [9.17, 15) is 13.2 Å². The Balaban J connectivity index is 2.18. The molecular weight excluding hydrogens is 298 g/mol. The Morgan fingerprint density at radius 3 is 2.55 bits per heavy atom. The molecule has 3 rings (SSSR count). The first-order valence-corrected chi connectivity index (χ1v) is 9.30. The summed E-state index contributed by atoms with van der Waals surface area (Å²) in [6.45, 7) is 0. The molecule has 0 radical (unpaired) electrons. The van der Waals surface area contributed by atoms with Gasteiger partial charge in [-0.3, -0.25) is 4.79 Å². The number of carbonyl (C=O) groups is 1. The minimum atomic E-state index is -3.44. The van der Waals surface area contributed by atoms with Gasteiger partial charge in [-0.15, -0.1) is 0 Å². The lowest BCUT2D eigenvalue weighted by molar-refractivity contribution is -0.125. The number of benzene rings is 2. The van der Waals surface area contributed by atoms with E-state index < -0.39 is 20.6 Å². The molecule has 22 heavy (non-hydrogen) atoms. The van der Waals surface area contributed by atoms with Crippen LogP contribution in [0.1, 0.15) is 24.8 Å². The van der Waals surface area contributed by atoms with Crippen molar-refractivity contribution >= 4 is 26.4 Å². The van der Waals surface area contributed by atoms with E-state index in [0.29, 0.717) is 19.3 Å². The molecule has 2 N–H and O–H groups in total. The number of hydrogen-bond acceptors (Lipinski definition) is 4. The Labute approximate surface area is 130 Å². The molecule has 2 aromatic carbocycles. The smallest absolute Gasteiger partial charge is 0.175 e. The lowest BCUT2D eigenvalue weighted by atomic mass is 9.74. The molecule has 0 aromatic heterocycles. The van der Waals surface area contributed by atoms with Gasteiger partial charge in [0.05, 0.1) is 0 Å². The minimum absolute atomic E-state index is 0.362. The van der Waals surface area contributed by atoms with E-state index in [1.807, 2.05) is 42.5 Å². The Bertz CT molecular complexity index is 839. The van der Waals surface area contributed by atoms with Gasteiger partial charge in [-0.05, 0) is 35.6 Å². The Morgan fingerprint density at radius 2 is 1.82 bits per heavy atom. The number of nitrogens with two attached hydrogens (primary N) is 1. The summed E-state index contributed by atoms with van der Waals surface area (Å²) in [5, 5.41) is 0.916. The lowest BCUT2D eigenvalue weighted by Crippen LogP contribution is -2.54. The maximum Gasteiger partial charge on any atom is 0.175 e. The van der Waals surface area contributed by atoms with Crippen LogP contribution in [0.2, 0.25) is 0 Å². The van der Waals surface area contributed by atoms with Gasteiger partial charge in [0.15, 0.2) is 15.6 Å².